The number of nitrogens with one attached hydrogen (secondary N) is 1. The number of rotatable bonds is 3. The summed E-state index contributed by atoms with van der Waals surface area (Å²) in [6, 6.07) is 9.00. The zero-order valence-electron chi connectivity index (χ0n) is 9.39. The van der Waals surface area contributed by atoms with Crippen molar-refractivity contribution in [3.8, 4) is 6.07 Å². The second-order valence-electron chi connectivity index (χ2n) is 4.34. The van der Waals surface area contributed by atoms with Gasteiger partial charge in [-0.15, -0.1) is 0 Å². The van der Waals surface area contributed by atoms with E-state index in [2.05, 4.69) is 11.4 Å². The lowest BCUT2D eigenvalue weighted by atomic mass is 9.92. The Balaban J connectivity index is 2.10. The number of benzene rings is 1. The number of hydrogen-bond donors (Lipinski definition) is 2. The van der Waals surface area contributed by atoms with Gasteiger partial charge in [0.2, 0.25) is 0 Å². The van der Waals surface area contributed by atoms with Gasteiger partial charge in [-0.2, -0.15) is 5.26 Å². The highest BCUT2D eigenvalue weighted by Gasteiger charge is 2.32. The molecule has 0 saturated carbocycles. The van der Waals surface area contributed by atoms with Crippen molar-refractivity contribution in [1.29, 1.82) is 5.26 Å². The van der Waals surface area contributed by atoms with Crippen LogP contribution >= 0.6 is 0 Å². The third kappa shape index (κ3) is 2.63. The van der Waals surface area contributed by atoms with Crippen LogP contribution in [0.4, 0.5) is 0 Å². The minimum atomic E-state index is -0.788. The van der Waals surface area contributed by atoms with Crippen molar-refractivity contribution in [1.82, 2.24) is 5.32 Å². The highest BCUT2D eigenvalue weighted by Crippen LogP contribution is 2.21. The molecule has 0 spiro atoms. The fraction of sp³-hybridized carbons (Fsp3) is 0.385. The van der Waals surface area contributed by atoms with E-state index in [1.165, 1.54) is 0 Å². The fourth-order valence-electron chi connectivity index (χ4n) is 2.34. The van der Waals surface area contributed by atoms with Gasteiger partial charge in [0.25, 0.3) is 0 Å². The van der Waals surface area contributed by atoms with E-state index in [4.69, 9.17) is 10.4 Å². The zero-order valence-corrected chi connectivity index (χ0v) is 9.39. The Labute approximate surface area is 99.9 Å². The van der Waals surface area contributed by atoms with E-state index in [1.807, 2.05) is 18.2 Å². The van der Waals surface area contributed by atoms with Crippen LogP contribution in [0.2, 0.25) is 0 Å². The number of nitriles is 1. The van der Waals surface area contributed by atoms with Crippen molar-refractivity contribution in [3.05, 3.63) is 35.4 Å². The van der Waals surface area contributed by atoms with Gasteiger partial charge >= 0.3 is 5.97 Å². The first kappa shape index (κ1) is 11.6. The van der Waals surface area contributed by atoms with Gasteiger partial charge in [0.05, 0.1) is 11.6 Å². The molecule has 1 unspecified atom stereocenters. The van der Waals surface area contributed by atoms with Gasteiger partial charge in [0.15, 0.2) is 0 Å². The van der Waals surface area contributed by atoms with E-state index in [1.54, 1.807) is 6.07 Å². The standard InChI is InChI=1S/C13H14N2O2/c14-8-10-3-1-2-9(6-10)7-11-4-5-15-12(11)13(16)17/h1-3,6,11-12,15H,4-5,7H2,(H,16,17)/t11?,12-/m0/s1. The van der Waals surface area contributed by atoms with E-state index < -0.39 is 12.0 Å². The van der Waals surface area contributed by atoms with E-state index >= 15 is 0 Å². The van der Waals surface area contributed by atoms with Crippen LogP contribution in [0.5, 0.6) is 0 Å². The molecule has 1 aromatic rings. The summed E-state index contributed by atoms with van der Waals surface area (Å²) in [6.07, 6.45) is 1.58. The summed E-state index contributed by atoms with van der Waals surface area (Å²) < 4.78 is 0. The Bertz CT molecular complexity index is 465. The minimum absolute atomic E-state index is 0.112. The first-order valence-corrected chi connectivity index (χ1v) is 5.66. The second kappa shape index (κ2) is 4.98. The van der Waals surface area contributed by atoms with Crippen LogP contribution < -0.4 is 5.32 Å². The van der Waals surface area contributed by atoms with Crippen molar-refractivity contribution in [2.24, 2.45) is 5.92 Å². The maximum atomic E-state index is 11.0. The molecule has 0 bridgehead atoms. The highest BCUT2D eigenvalue weighted by atomic mass is 16.4. The fourth-order valence-corrected chi connectivity index (χ4v) is 2.34. The third-order valence-corrected chi connectivity index (χ3v) is 3.17. The smallest absolute Gasteiger partial charge is 0.320 e. The van der Waals surface area contributed by atoms with E-state index in [-0.39, 0.29) is 5.92 Å². The topological polar surface area (TPSA) is 73.1 Å². The molecule has 0 amide bonds. The first-order valence-electron chi connectivity index (χ1n) is 5.66. The maximum absolute atomic E-state index is 11.0. The lowest BCUT2D eigenvalue weighted by Crippen LogP contribution is -2.36. The normalized spacial score (nSPS) is 23.2. The summed E-state index contributed by atoms with van der Waals surface area (Å²) in [5.74, 6) is -0.676. The molecule has 1 aromatic carbocycles. The number of hydrogen-bond acceptors (Lipinski definition) is 3. The lowest BCUT2D eigenvalue weighted by Gasteiger charge is -2.15. The van der Waals surface area contributed by atoms with Gasteiger partial charge in [0.1, 0.15) is 6.04 Å². The predicted molar refractivity (Wildman–Crippen MR) is 62.4 cm³/mol. The molecule has 0 aliphatic carbocycles. The molecule has 2 rings (SSSR count). The molecule has 17 heavy (non-hydrogen) atoms. The molecule has 4 heteroatoms. The van der Waals surface area contributed by atoms with Crippen molar-refractivity contribution >= 4 is 5.97 Å². The average Bonchev–Trinajstić information content (AvgIpc) is 2.77. The Morgan fingerprint density at radius 3 is 3.12 bits per heavy atom. The molecule has 1 fully saturated rings. The van der Waals surface area contributed by atoms with Crippen LogP contribution in [0.25, 0.3) is 0 Å². The van der Waals surface area contributed by atoms with Crippen molar-refractivity contribution in [3.63, 3.8) is 0 Å². The van der Waals surface area contributed by atoms with Crippen molar-refractivity contribution < 1.29 is 9.90 Å². The van der Waals surface area contributed by atoms with Crippen LogP contribution in [-0.4, -0.2) is 23.7 Å². The van der Waals surface area contributed by atoms with E-state index in [9.17, 15) is 4.79 Å². The third-order valence-electron chi connectivity index (χ3n) is 3.17. The maximum Gasteiger partial charge on any atom is 0.320 e. The second-order valence-corrected chi connectivity index (χ2v) is 4.34. The SMILES string of the molecule is N#Cc1cccc(CC2CCN[C@@H]2C(=O)O)c1. The number of carboxylic acid groups (broad SMARTS) is 1. The highest BCUT2D eigenvalue weighted by molar-refractivity contribution is 5.74. The van der Waals surface area contributed by atoms with Crippen molar-refractivity contribution in [2.75, 3.05) is 6.54 Å². The molecular formula is C13H14N2O2. The van der Waals surface area contributed by atoms with Crippen LogP contribution in [-0.2, 0) is 11.2 Å². The quantitative estimate of drug-likeness (QED) is 0.817. The number of nitrogens with zero attached hydrogens (tertiary/aromatic N) is 1. The van der Waals surface area contributed by atoms with Gasteiger partial charge in [-0.25, -0.2) is 0 Å². The molecule has 2 atom stereocenters. The molecule has 1 aliphatic heterocycles. The summed E-state index contributed by atoms with van der Waals surface area (Å²) >= 11 is 0. The van der Waals surface area contributed by atoms with Gasteiger partial charge in [-0.05, 0) is 43.0 Å². The summed E-state index contributed by atoms with van der Waals surface area (Å²) in [6.45, 7) is 0.750. The zero-order chi connectivity index (χ0) is 12.3. The number of aliphatic carboxylic acids is 1. The van der Waals surface area contributed by atoms with Crippen LogP contribution in [0.3, 0.4) is 0 Å². The Morgan fingerprint density at radius 1 is 1.59 bits per heavy atom. The van der Waals surface area contributed by atoms with Gasteiger partial charge < -0.3 is 10.4 Å². The predicted octanol–water partition coefficient (Wildman–Crippen LogP) is 1.16. The minimum Gasteiger partial charge on any atom is -0.480 e. The Morgan fingerprint density at radius 2 is 2.41 bits per heavy atom. The van der Waals surface area contributed by atoms with E-state index in [0.717, 1.165) is 18.5 Å². The molecule has 0 radical (unpaired) electrons. The molecule has 1 saturated heterocycles. The largest absolute Gasteiger partial charge is 0.480 e. The van der Waals surface area contributed by atoms with Gasteiger partial charge in [-0.3, -0.25) is 4.79 Å². The lowest BCUT2D eigenvalue weighted by molar-refractivity contribution is -0.140. The molecular weight excluding hydrogens is 216 g/mol. The summed E-state index contributed by atoms with van der Waals surface area (Å²) in [5.41, 5.74) is 1.66. The van der Waals surface area contributed by atoms with Crippen LogP contribution in [0.1, 0.15) is 17.5 Å². The summed E-state index contributed by atoms with van der Waals surface area (Å²) in [5, 5.41) is 20.8. The molecule has 1 aliphatic rings. The van der Waals surface area contributed by atoms with Crippen molar-refractivity contribution in [2.45, 2.75) is 18.9 Å². The van der Waals surface area contributed by atoms with E-state index in [0.29, 0.717) is 12.0 Å². The Kier molecular flexibility index (Phi) is 3.40. The number of carboxylic acids is 1. The van der Waals surface area contributed by atoms with Crippen LogP contribution in [0, 0.1) is 17.2 Å². The van der Waals surface area contributed by atoms with Gasteiger partial charge in [-0.1, -0.05) is 12.1 Å². The number of carbonyl (C=O) groups is 1. The molecule has 2 N–H and O–H groups in total. The molecule has 4 nitrogen and oxygen atoms in total. The van der Waals surface area contributed by atoms with Gasteiger partial charge in [0, 0.05) is 0 Å². The monoisotopic (exact) mass is 230 g/mol. The summed E-state index contributed by atoms with van der Waals surface area (Å²) in [4.78, 5) is 11.0. The van der Waals surface area contributed by atoms with Crippen LogP contribution in [0.15, 0.2) is 24.3 Å². The molecule has 0 aromatic heterocycles. The average molecular weight is 230 g/mol. The molecule has 88 valence electrons. The first-order chi connectivity index (χ1) is 8.20. The Hall–Kier alpha value is -1.86. The summed E-state index contributed by atoms with van der Waals surface area (Å²) in [7, 11) is 0. The molecule has 1 heterocycles.